The lowest BCUT2D eigenvalue weighted by atomic mass is 10.1. The first-order valence-electron chi connectivity index (χ1n) is 3.88. The molecule has 88 valence electrons. The predicted molar refractivity (Wildman–Crippen MR) is 61.6 cm³/mol. The van der Waals surface area contributed by atoms with Gasteiger partial charge in [-0.05, 0) is 34.5 Å². The quantitative estimate of drug-likeness (QED) is 0.867. The molecule has 0 amide bonds. The molecule has 0 aliphatic carbocycles. The summed E-state index contributed by atoms with van der Waals surface area (Å²) >= 11 is 4.50. The van der Waals surface area contributed by atoms with Gasteiger partial charge in [-0.15, -0.1) is 23.7 Å². The van der Waals surface area contributed by atoms with Gasteiger partial charge in [-0.1, -0.05) is 0 Å². The van der Waals surface area contributed by atoms with Crippen molar-refractivity contribution in [3.63, 3.8) is 0 Å². The van der Waals surface area contributed by atoms with E-state index in [-0.39, 0.29) is 12.4 Å². The first-order valence-corrected chi connectivity index (χ1v) is 5.48. The third-order valence-corrected chi connectivity index (χ3v) is 3.96. The summed E-state index contributed by atoms with van der Waals surface area (Å²) in [5.41, 5.74) is 6.35. The van der Waals surface area contributed by atoms with Gasteiger partial charge in [0.05, 0.1) is 10.2 Å². The summed E-state index contributed by atoms with van der Waals surface area (Å²) in [6, 6.07) is 0.732. The molecule has 0 bridgehead atoms. The summed E-state index contributed by atoms with van der Waals surface area (Å²) in [7, 11) is 0. The van der Waals surface area contributed by atoms with Gasteiger partial charge in [0, 0.05) is 10.9 Å². The molecular formula is C8H10BrClF3NS. The number of rotatable bonds is 2. The molecule has 1 nitrogen and oxygen atoms in total. The third-order valence-electron chi connectivity index (χ3n) is 1.69. The second-order valence-electron chi connectivity index (χ2n) is 3.03. The predicted octanol–water partition coefficient (Wildman–Crippen LogP) is 4.19. The highest BCUT2D eigenvalue weighted by atomic mass is 79.9. The summed E-state index contributed by atoms with van der Waals surface area (Å²) in [4.78, 5) is 0.562. The van der Waals surface area contributed by atoms with E-state index in [1.165, 1.54) is 11.3 Å². The SMILES string of the molecule is Cc1cc([C@@H](N)CC(F)(F)F)sc1Br.Cl. The zero-order valence-corrected chi connectivity index (χ0v) is 11.0. The van der Waals surface area contributed by atoms with E-state index >= 15 is 0 Å². The molecule has 1 atom stereocenters. The molecule has 15 heavy (non-hydrogen) atoms. The van der Waals surface area contributed by atoms with Crippen molar-refractivity contribution in [1.29, 1.82) is 0 Å². The fourth-order valence-corrected chi connectivity index (χ4v) is 2.59. The van der Waals surface area contributed by atoms with E-state index in [0.717, 1.165) is 9.35 Å². The summed E-state index contributed by atoms with van der Waals surface area (Å²) < 4.78 is 36.9. The molecule has 1 aromatic rings. The van der Waals surface area contributed by atoms with Gasteiger partial charge in [0.15, 0.2) is 0 Å². The van der Waals surface area contributed by atoms with E-state index in [0.29, 0.717) is 4.88 Å². The van der Waals surface area contributed by atoms with Crippen molar-refractivity contribution in [2.45, 2.75) is 25.6 Å². The molecule has 0 fully saturated rings. The van der Waals surface area contributed by atoms with Crippen LogP contribution in [0.3, 0.4) is 0 Å². The summed E-state index contributed by atoms with van der Waals surface area (Å²) in [5.74, 6) is 0. The minimum atomic E-state index is -4.20. The third kappa shape index (κ3) is 4.72. The number of alkyl halides is 3. The van der Waals surface area contributed by atoms with Crippen molar-refractivity contribution >= 4 is 39.7 Å². The number of hydrogen-bond acceptors (Lipinski definition) is 2. The second-order valence-corrected chi connectivity index (χ2v) is 5.43. The van der Waals surface area contributed by atoms with E-state index in [2.05, 4.69) is 15.9 Å². The van der Waals surface area contributed by atoms with Gasteiger partial charge in [-0.2, -0.15) is 13.2 Å². The van der Waals surface area contributed by atoms with Crippen LogP contribution in [0.5, 0.6) is 0 Å². The number of hydrogen-bond donors (Lipinski definition) is 1. The van der Waals surface area contributed by atoms with Crippen molar-refractivity contribution in [1.82, 2.24) is 0 Å². The Morgan fingerprint density at radius 1 is 1.53 bits per heavy atom. The van der Waals surface area contributed by atoms with Gasteiger partial charge in [-0.3, -0.25) is 0 Å². The molecule has 1 rings (SSSR count). The normalized spacial score (nSPS) is 13.5. The molecule has 1 heterocycles. The highest BCUT2D eigenvalue weighted by Gasteiger charge is 2.31. The molecule has 0 aromatic carbocycles. The van der Waals surface area contributed by atoms with E-state index in [1.807, 2.05) is 6.92 Å². The smallest absolute Gasteiger partial charge is 0.323 e. The highest BCUT2D eigenvalue weighted by molar-refractivity contribution is 9.11. The molecule has 2 N–H and O–H groups in total. The van der Waals surface area contributed by atoms with Crippen LogP contribution in [0, 0.1) is 6.92 Å². The summed E-state index contributed by atoms with van der Waals surface area (Å²) in [6.45, 7) is 1.82. The van der Waals surface area contributed by atoms with Gasteiger partial charge in [0.25, 0.3) is 0 Å². The lowest BCUT2D eigenvalue weighted by Crippen LogP contribution is -2.19. The fourth-order valence-electron chi connectivity index (χ4n) is 1.02. The highest BCUT2D eigenvalue weighted by Crippen LogP contribution is 2.35. The number of nitrogens with two attached hydrogens (primary N) is 1. The standard InChI is InChI=1S/C8H9BrF3NS.ClH/c1-4-2-6(14-7(4)9)5(13)3-8(10,11)12;/h2,5H,3,13H2,1H3;1H/t5-;/m0./s1. The summed E-state index contributed by atoms with van der Waals surface area (Å²) in [5, 5.41) is 0. The molecule has 0 saturated heterocycles. The molecule has 0 spiro atoms. The lowest BCUT2D eigenvalue weighted by Gasteiger charge is -2.11. The van der Waals surface area contributed by atoms with Crippen LogP contribution in [0.25, 0.3) is 0 Å². The van der Waals surface area contributed by atoms with Crippen molar-refractivity contribution < 1.29 is 13.2 Å². The largest absolute Gasteiger partial charge is 0.390 e. The number of halogens is 5. The van der Waals surface area contributed by atoms with Gasteiger partial charge in [0.2, 0.25) is 0 Å². The fraction of sp³-hybridized carbons (Fsp3) is 0.500. The van der Waals surface area contributed by atoms with E-state index in [1.54, 1.807) is 6.07 Å². The average molecular weight is 325 g/mol. The summed E-state index contributed by atoms with van der Waals surface area (Å²) in [6.07, 6.45) is -5.18. The van der Waals surface area contributed by atoms with Crippen LogP contribution in [0.15, 0.2) is 9.85 Å². The van der Waals surface area contributed by atoms with E-state index < -0.39 is 18.6 Å². The molecule has 0 aliphatic heterocycles. The van der Waals surface area contributed by atoms with Crippen LogP contribution in [0.4, 0.5) is 13.2 Å². The van der Waals surface area contributed by atoms with Gasteiger partial charge < -0.3 is 5.73 Å². The topological polar surface area (TPSA) is 26.0 Å². The van der Waals surface area contributed by atoms with Crippen LogP contribution in [-0.4, -0.2) is 6.18 Å². The Bertz CT molecular complexity index is 307. The van der Waals surface area contributed by atoms with Gasteiger partial charge in [-0.25, -0.2) is 0 Å². The minimum absolute atomic E-state index is 0. The number of thiophene rings is 1. The molecule has 0 saturated carbocycles. The Morgan fingerprint density at radius 2 is 2.07 bits per heavy atom. The Kier molecular flexibility index (Phi) is 5.60. The molecular weight excluding hydrogens is 315 g/mol. The molecule has 7 heteroatoms. The van der Waals surface area contributed by atoms with Gasteiger partial charge in [0.1, 0.15) is 0 Å². The zero-order valence-electron chi connectivity index (χ0n) is 7.77. The van der Waals surface area contributed by atoms with Crippen molar-refractivity contribution in [2.24, 2.45) is 5.73 Å². The van der Waals surface area contributed by atoms with Crippen LogP contribution < -0.4 is 5.73 Å². The van der Waals surface area contributed by atoms with E-state index in [4.69, 9.17) is 5.73 Å². The number of aryl methyl sites for hydroxylation is 1. The van der Waals surface area contributed by atoms with Crippen molar-refractivity contribution in [3.8, 4) is 0 Å². The maximum absolute atomic E-state index is 12.0. The van der Waals surface area contributed by atoms with Crippen LogP contribution in [-0.2, 0) is 0 Å². The maximum atomic E-state index is 12.0. The van der Waals surface area contributed by atoms with Crippen LogP contribution in [0.2, 0.25) is 0 Å². The van der Waals surface area contributed by atoms with Gasteiger partial charge >= 0.3 is 6.18 Å². The first kappa shape index (κ1) is 15.2. The monoisotopic (exact) mass is 323 g/mol. The Balaban J connectivity index is 0.00000196. The lowest BCUT2D eigenvalue weighted by molar-refractivity contribution is -0.138. The van der Waals surface area contributed by atoms with Crippen LogP contribution in [0.1, 0.15) is 22.9 Å². The second kappa shape index (κ2) is 5.52. The molecule has 0 unspecified atom stereocenters. The Morgan fingerprint density at radius 3 is 2.40 bits per heavy atom. The first-order chi connectivity index (χ1) is 6.29. The minimum Gasteiger partial charge on any atom is -0.323 e. The van der Waals surface area contributed by atoms with Crippen molar-refractivity contribution in [2.75, 3.05) is 0 Å². The van der Waals surface area contributed by atoms with Crippen LogP contribution >= 0.6 is 39.7 Å². The molecule has 0 radical (unpaired) electrons. The molecule has 0 aliphatic rings. The maximum Gasteiger partial charge on any atom is 0.390 e. The molecule has 1 aromatic heterocycles. The Labute approximate surface area is 104 Å². The Hall–Kier alpha value is 0.220. The average Bonchev–Trinajstić information content (AvgIpc) is 2.28. The zero-order chi connectivity index (χ0) is 10.9. The van der Waals surface area contributed by atoms with Crippen molar-refractivity contribution in [3.05, 3.63) is 20.3 Å². The van der Waals surface area contributed by atoms with E-state index in [9.17, 15) is 13.2 Å².